The van der Waals surface area contributed by atoms with E-state index in [1.54, 1.807) is 7.11 Å². The molecule has 8 heteroatoms. The van der Waals surface area contributed by atoms with Crippen LogP contribution in [0, 0.1) is 0 Å². The van der Waals surface area contributed by atoms with Crippen LogP contribution in [0.1, 0.15) is 19.3 Å². The van der Waals surface area contributed by atoms with E-state index in [1.165, 1.54) is 16.6 Å². The summed E-state index contributed by atoms with van der Waals surface area (Å²) in [5, 5.41) is 3.38. The first-order valence-electron chi connectivity index (χ1n) is 6.94. The standard InChI is InChI=1S/C13H20ClN3O3S/c1-20-8-4-5-15-13-12(14)9-11(10-16-13)21(18,19)17-6-2-3-7-17/h9-10H,2-8H2,1H3,(H,15,16). The molecule has 2 rings (SSSR count). The van der Waals surface area contributed by atoms with E-state index in [1.807, 2.05) is 0 Å². The van der Waals surface area contributed by atoms with Crippen molar-refractivity contribution in [2.45, 2.75) is 24.2 Å². The van der Waals surface area contributed by atoms with Crippen LogP contribution in [-0.2, 0) is 14.8 Å². The molecule has 0 aromatic carbocycles. The summed E-state index contributed by atoms with van der Waals surface area (Å²) < 4.78 is 31.2. The van der Waals surface area contributed by atoms with Gasteiger partial charge in [-0.1, -0.05) is 11.6 Å². The number of anilines is 1. The van der Waals surface area contributed by atoms with Crippen molar-refractivity contribution in [3.05, 3.63) is 17.3 Å². The van der Waals surface area contributed by atoms with Crippen LogP contribution in [0.5, 0.6) is 0 Å². The Bertz CT molecular complexity index is 574. The number of aromatic nitrogens is 1. The number of pyridine rings is 1. The van der Waals surface area contributed by atoms with E-state index >= 15 is 0 Å². The Morgan fingerprint density at radius 2 is 2.14 bits per heavy atom. The van der Waals surface area contributed by atoms with Gasteiger partial charge in [0.1, 0.15) is 10.7 Å². The lowest BCUT2D eigenvalue weighted by molar-refractivity contribution is 0.198. The Balaban J connectivity index is 2.07. The Hall–Kier alpha value is -0.890. The second-order valence-corrected chi connectivity index (χ2v) is 7.23. The number of nitrogens with zero attached hydrogens (tertiary/aromatic N) is 2. The molecule has 1 saturated heterocycles. The summed E-state index contributed by atoms with van der Waals surface area (Å²) in [6.07, 6.45) is 3.99. The fourth-order valence-corrected chi connectivity index (χ4v) is 3.98. The Labute approximate surface area is 130 Å². The van der Waals surface area contributed by atoms with Crippen LogP contribution in [0.2, 0.25) is 5.02 Å². The highest BCUT2D eigenvalue weighted by Crippen LogP contribution is 2.26. The molecule has 0 radical (unpaired) electrons. The van der Waals surface area contributed by atoms with Gasteiger partial charge >= 0.3 is 0 Å². The molecule has 21 heavy (non-hydrogen) atoms. The molecule has 1 N–H and O–H groups in total. The number of rotatable bonds is 7. The highest BCUT2D eigenvalue weighted by atomic mass is 35.5. The minimum Gasteiger partial charge on any atom is -0.385 e. The van der Waals surface area contributed by atoms with Crippen LogP contribution in [0.3, 0.4) is 0 Å². The molecule has 0 atom stereocenters. The molecule has 1 aliphatic heterocycles. The lowest BCUT2D eigenvalue weighted by Crippen LogP contribution is -2.28. The first-order chi connectivity index (χ1) is 10.1. The van der Waals surface area contributed by atoms with Crippen LogP contribution < -0.4 is 5.32 Å². The Kier molecular flexibility index (Phi) is 5.80. The molecule has 0 spiro atoms. The van der Waals surface area contributed by atoms with Crippen molar-refractivity contribution in [3.63, 3.8) is 0 Å². The van der Waals surface area contributed by atoms with Crippen molar-refractivity contribution in [2.24, 2.45) is 0 Å². The molecule has 1 aromatic heterocycles. The number of halogens is 1. The van der Waals surface area contributed by atoms with Crippen molar-refractivity contribution < 1.29 is 13.2 Å². The van der Waals surface area contributed by atoms with Crippen LogP contribution in [0.15, 0.2) is 17.2 Å². The Morgan fingerprint density at radius 3 is 2.76 bits per heavy atom. The topological polar surface area (TPSA) is 71.5 Å². The van der Waals surface area contributed by atoms with Crippen molar-refractivity contribution >= 4 is 27.4 Å². The minimum atomic E-state index is -3.47. The van der Waals surface area contributed by atoms with Gasteiger partial charge in [-0.3, -0.25) is 0 Å². The summed E-state index contributed by atoms with van der Waals surface area (Å²) in [6.45, 7) is 2.44. The molecule has 118 valence electrons. The van der Waals surface area contributed by atoms with Crippen LogP contribution in [0.25, 0.3) is 0 Å². The van der Waals surface area contributed by atoms with Gasteiger partial charge < -0.3 is 10.1 Å². The quantitative estimate of drug-likeness (QED) is 0.772. The highest BCUT2D eigenvalue weighted by Gasteiger charge is 2.27. The Morgan fingerprint density at radius 1 is 1.43 bits per heavy atom. The summed E-state index contributed by atoms with van der Waals surface area (Å²) >= 11 is 6.12. The molecule has 0 saturated carbocycles. The van der Waals surface area contributed by atoms with Gasteiger partial charge in [-0.15, -0.1) is 0 Å². The third-order valence-electron chi connectivity index (χ3n) is 3.34. The lowest BCUT2D eigenvalue weighted by atomic mass is 10.4. The summed E-state index contributed by atoms with van der Waals surface area (Å²) in [5.74, 6) is 0.494. The summed E-state index contributed by atoms with van der Waals surface area (Å²) in [6, 6.07) is 1.46. The van der Waals surface area contributed by atoms with Gasteiger partial charge in [0.2, 0.25) is 10.0 Å². The second-order valence-electron chi connectivity index (χ2n) is 4.89. The van der Waals surface area contributed by atoms with E-state index in [9.17, 15) is 8.42 Å². The molecule has 1 aliphatic rings. The number of hydrogen-bond acceptors (Lipinski definition) is 5. The number of sulfonamides is 1. The average Bonchev–Trinajstić information content (AvgIpc) is 2.99. The van der Waals surface area contributed by atoms with E-state index in [-0.39, 0.29) is 4.90 Å². The van der Waals surface area contributed by atoms with Gasteiger partial charge in [0, 0.05) is 39.5 Å². The maximum absolute atomic E-state index is 12.4. The summed E-state index contributed by atoms with van der Waals surface area (Å²) in [4.78, 5) is 4.27. The van der Waals surface area contributed by atoms with Crippen molar-refractivity contribution in [2.75, 3.05) is 38.7 Å². The molecule has 0 amide bonds. The third kappa shape index (κ3) is 4.06. The molecule has 0 aliphatic carbocycles. The third-order valence-corrected chi connectivity index (χ3v) is 5.49. The van der Waals surface area contributed by atoms with Gasteiger partial charge in [-0.05, 0) is 25.3 Å². The van der Waals surface area contributed by atoms with Crippen molar-refractivity contribution in [1.29, 1.82) is 0 Å². The van der Waals surface area contributed by atoms with Crippen molar-refractivity contribution in [3.8, 4) is 0 Å². The largest absolute Gasteiger partial charge is 0.385 e. The molecule has 0 unspecified atom stereocenters. The lowest BCUT2D eigenvalue weighted by Gasteiger charge is -2.16. The maximum Gasteiger partial charge on any atom is 0.244 e. The predicted molar refractivity (Wildman–Crippen MR) is 82.2 cm³/mol. The van der Waals surface area contributed by atoms with Gasteiger partial charge in [-0.25, -0.2) is 13.4 Å². The van der Waals surface area contributed by atoms with Crippen molar-refractivity contribution in [1.82, 2.24) is 9.29 Å². The van der Waals surface area contributed by atoms with Crippen LogP contribution in [0.4, 0.5) is 5.82 Å². The first-order valence-corrected chi connectivity index (χ1v) is 8.76. The molecule has 1 aromatic rings. The van der Waals surface area contributed by atoms with Gasteiger partial charge in [0.25, 0.3) is 0 Å². The molecule has 1 fully saturated rings. The van der Waals surface area contributed by atoms with Gasteiger partial charge in [-0.2, -0.15) is 4.31 Å². The SMILES string of the molecule is COCCCNc1ncc(S(=O)(=O)N2CCCC2)cc1Cl. The maximum atomic E-state index is 12.4. The average molecular weight is 334 g/mol. The zero-order valence-corrected chi connectivity index (χ0v) is 13.6. The van der Waals surface area contributed by atoms with E-state index in [2.05, 4.69) is 10.3 Å². The molecule has 2 heterocycles. The highest BCUT2D eigenvalue weighted by molar-refractivity contribution is 7.89. The zero-order chi connectivity index (χ0) is 15.3. The fourth-order valence-electron chi connectivity index (χ4n) is 2.19. The predicted octanol–water partition coefficient (Wildman–Crippen LogP) is 1.97. The van der Waals surface area contributed by atoms with Gasteiger partial charge in [0.05, 0.1) is 5.02 Å². The summed E-state index contributed by atoms with van der Waals surface area (Å²) in [7, 11) is -1.83. The number of nitrogens with one attached hydrogen (secondary N) is 1. The zero-order valence-electron chi connectivity index (χ0n) is 12.0. The second kappa shape index (κ2) is 7.40. The normalized spacial score (nSPS) is 16.3. The van der Waals surface area contributed by atoms with Gasteiger partial charge in [0.15, 0.2) is 0 Å². The van der Waals surface area contributed by atoms with E-state index in [4.69, 9.17) is 16.3 Å². The number of hydrogen-bond donors (Lipinski definition) is 1. The minimum absolute atomic E-state index is 0.150. The first kappa shape index (κ1) is 16.5. The smallest absolute Gasteiger partial charge is 0.244 e. The fraction of sp³-hybridized carbons (Fsp3) is 0.615. The van der Waals surface area contributed by atoms with E-state index in [0.717, 1.165) is 19.3 Å². The molecule has 6 nitrogen and oxygen atoms in total. The molecule has 0 bridgehead atoms. The van der Waals surface area contributed by atoms with Crippen LogP contribution >= 0.6 is 11.6 Å². The summed E-state index contributed by atoms with van der Waals surface area (Å²) in [5.41, 5.74) is 0. The molecular formula is C13H20ClN3O3S. The van der Waals surface area contributed by atoms with E-state index in [0.29, 0.717) is 37.1 Å². The molecular weight excluding hydrogens is 314 g/mol. The number of ether oxygens (including phenoxy) is 1. The monoisotopic (exact) mass is 333 g/mol. The number of methoxy groups -OCH3 is 1. The van der Waals surface area contributed by atoms with E-state index < -0.39 is 10.0 Å². The van der Waals surface area contributed by atoms with Crippen LogP contribution in [-0.4, -0.2) is 51.1 Å².